The van der Waals surface area contributed by atoms with E-state index in [1.54, 1.807) is 6.20 Å². The van der Waals surface area contributed by atoms with Gasteiger partial charge in [-0.25, -0.2) is 0 Å². The molecule has 0 radical (unpaired) electrons. The third kappa shape index (κ3) is 4.37. The molecular formula is C19H28N4O2. The van der Waals surface area contributed by atoms with Gasteiger partial charge in [-0.05, 0) is 45.5 Å². The summed E-state index contributed by atoms with van der Waals surface area (Å²) < 4.78 is 0. The summed E-state index contributed by atoms with van der Waals surface area (Å²) in [6.07, 6.45) is 5.33. The molecule has 0 N–H and O–H groups in total. The second kappa shape index (κ2) is 7.52. The van der Waals surface area contributed by atoms with Crippen LogP contribution in [0.1, 0.15) is 31.4 Å². The van der Waals surface area contributed by atoms with Gasteiger partial charge in [0.2, 0.25) is 11.8 Å². The van der Waals surface area contributed by atoms with Crippen LogP contribution < -0.4 is 0 Å². The summed E-state index contributed by atoms with van der Waals surface area (Å²) in [6, 6.07) is 5.80. The maximum atomic E-state index is 12.5. The number of likely N-dealkylation sites (N-methyl/N-ethyl adjacent to an activating group) is 1. The Labute approximate surface area is 149 Å². The van der Waals surface area contributed by atoms with Gasteiger partial charge < -0.3 is 14.7 Å². The van der Waals surface area contributed by atoms with Crippen molar-refractivity contribution in [2.24, 2.45) is 5.41 Å². The van der Waals surface area contributed by atoms with Crippen molar-refractivity contribution in [3.63, 3.8) is 0 Å². The first-order valence-electron chi connectivity index (χ1n) is 9.08. The molecule has 1 unspecified atom stereocenters. The lowest BCUT2D eigenvalue weighted by Crippen LogP contribution is -2.55. The number of carbonyl (C=O) groups excluding carboxylic acids is 2. The first-order valence-corrected chi connectivity index (χ1v) is 9.08. The Morgan fingerprint density at radius 3 is 2.84 bits per heavy atom. The zero-order chi connectivity index (χ0) is 17.9. The molecule has 1 aromatic heterocycles. The number of carbonyl (C=O) groups is 2. The lowest BCUT2D eigenvalue weighted by atomic mass is 9.73. The van der Waals surface area contributed by atoms with Gasteiger partial charge in [0.05, 0.1) is 18.8 Å². The Kier molecular flexibility index (Phi) is 5.37. The summed E-state index contributed by atoms with van der Waals surface area (Å²) in [7, 11) is 3.84. The normalized spacial score (nSPS) is 24.2. The van der Waals surface area contributed by atoms with Gasteiger partial charge in [-0.2, -0.15) is 0 Å². The maximum absolute atomic E-state index is 12.5. The van der Waals surface area contributed by atoms with Crippen molar-refractivity contribution in [2.75, 3.05) is 40.3 Å². The number of amides is 2. The van der Waals surface area contributed by atoms with Crippen LogP contribution in [0.5, 0.6) is 0 Å². The third-order valence-corrected chi connectivity index (χ3v) is 5.29. The molecule has 136 valence electrons. The smallest absolute Gasteiger partial charge is 0.236 e. The van der Waals surface area contributed by atoms with Gasteiger partial charge in [0.1, 0.15) is 0 Å². The van der Waals surface area contributed by atoms with E-state index >= 15 is 0 Å². The number of aromatic nitrogens is 1. The molecule has 0 saturated carbocycles. The van der Waals surface area contributed by atoms with Crippen LogP contribution in [-0.2, 0) is 16.1 Å². The molecule has 2 aliphatic heterocycles. The largest absolute Gasteiger partial charge is 0.341 e. The molecule has 1 aromatic rings. The van der Waals surface area contributed by atoms with Crippen molar-refractivity contribution in [1.29, 1.82) is 0 Å². The van der Waals surface area contributed by atoms with Crippen LogP contribution in [0.25, 0.3) is 0 Å². The predicted molar refractivity (Wildman–Crippen MR) is 95.7 cm³/mol. The van der Waals surface area contributed by atoms with Crippen molar-refractivity contribution in [2.45, 2.75) is 32.2 Å². The Hall–Kier alpha value is -1.95. The van der Waals surface area contributed by atoms with Gasteiger partial charge in [0, 0.05) is 37.7 Å². The molecule has 3 heterocycles. The minimum absolute atomic E-state index is 0.0446. The van der Waals surface area contributed by atoms with Gasteiger partial charge in [-0.3, -0.25) is 14.6 Å². The van der Waals surface area contributed by atoms with E-state index in [0.717, 1.165) is 44.6 Å². The summed E-state index contributed by atoms with van der Waals surface area (Å²) in [5, 5.41) is 0. The lowest BCUT2D eigenvalue weighted by Gasteiger charge is -2.48. The van der Waals surface area contributed by atoms with Crippen molar-refractivity contribution in [3.8, 4) is 0 Å². The highest BCUT2D eigenvalue weighted by Crippen LogP contribution is 2.39. The third-order valence-electron chi connectivity index (χ3n) is 5.29. The standard InChI is InChI=1S/C19H28N4O2/c1-21(2)13-18(25)22-11-5-8-19(14-22)9-7-17(24)23(15-19)12-16-6-3-4-10-20-16/h3-4,6,10H,5,7-9,11-15H2,1-2H3. The monoisotopic (exact) mass is 344 g/mol. The quantitative estimate of drug-likeness (QED) is 0.828. The minimum atomic E-state index is 0.0446. The van der Waals surface area contributed by atoms with Crippen LogP contribution in [0.4, 0.5) is 0 Å². The van der Waals surface area contributed by atoms with Gasteiger partial charge >= 0.3 is 0 Å². The molecule has 25 heavy (non-hydrogen) atoms. The summed E-state index contributed by atoms with van der Waals surface area (Å²) in [5.74, 6) is 0.394. The number of rotatable bonds is 4. The fourth-order valence-electron chi connectivity index (χ4n) is 4.06. The Bertz CT molecular complexity index is 619. The summed E-state index contributed by atoms with van der Waals surface area (Å²) in [4.78, 5) is 35.1. The highest BCUT2D eigenvalue weighted by atomic mass is 16.2. The van der Waals surface area contributed by atoms with Crippen molar-refractivity contribution in [1.82, 2.24) is 19.7 Å². The molecular weight excluding hydrogens is 316 g/mol. The van der Waals surface area contributed by atoms with Crippen LogP contribution >= 0.6 is 0 Å². The van der Waals surface area contributed by atoms with Crippen LogP contribution in [0, 0.1) is 5.41 Å². The van der Waals surface area contributed by atoms with Crippen LogP contribution in [0.2, 0.25) is 0 Å². The first-order chi connectivity index (χ1) is 12.0. The number of pyridine rings is 1. The molecule has 0 aromatic carbocycles. The molecule has 1 atom stereocenters. The second-order valence-electron chi connectivity index (χ2n) is 7.73. The average molecular weight is 344 g/mol. The fraction of sp³-hybridized carbons (Fsp3) is 0.632. The van der Waals surface area contributed by atoms with Crippen molar-refractivity contribution < 1.29 is 9.59 Å². The van der Waals surface area contributed by atoms with Crippen molar-refractivity contribution in [3.05, 3.63) is 30.1 Å². The summed E-state index contributed by atoms with van der Waals surface area (Å²) >= 11 is 0. The molecule has 0 aliphatic carbocycles. The van der Waals surface area contributed by atoms with Gasteiger partial charge in [0.15, 0.2) is 0 Å². The summed E-state index contributed by atoms with van der Waals surface area (Å²) in [5.41, 5.74) is 0.965. The van der Waals surface area contributed by atoms with Gasteiger partial charge in [-0.15, -0.1) is 0 Å². The minimum Gasteiger partial charge on any atom is -0.341 e. The number of likely N-dealkylation sites (tertiary alicyclic amines) is 2. The lowest BCUT2D eigenvalue weighted by molar-refractivity contribution is -0.144. The Morgan fingerprint density at radius 1 is 1.28 bits per heavy atom. The molecule has 2 amide bonds. The molecule has 6 heteroatoms. The number of hydrogen-bond donors (Lipinski definition) is 0. The molecule has 1 spiro atoms. The number of piperidine rings is 2. The van der Waals surface area contributed by atoms with Gasteiger partial charge in [0.25, 0.3) is 0 Å². The molecule has 0 bridgehead atoms. The Morgan fingerprint density at radius 2 is 2.12 bits per heavy atom. The van der Waals surface area contributed by atoms with Crippen molar-refractivity contribution >= 4 is 11.8 Å². The fourth-order valence-corrected chi connectivity index (χ4v) is 4.06. The topological polar surface area (TPSA) is 56.8 Å². The first kappa shape index (κ1) is 17.9. The van der Waals surface area contributed by atoms with E-state index in [1.807, 2.05) is 47.0 Å². The van der Waals surface area contributed by atoms with E-state index < -0.39 is 0 Å². The van der Waals surface area contributed by atoms with E-state index in [2.05, 4.69) is 4.98 Å². The average Bonchev–Trinajstić information content (AvgIpc) is 2.59. The molecule has 6 nitrogen and oxygen atoms in total. The van der Waals surface area contributed by atoms with Gasteiger partial charge in [-0.1, -0.05) is 6.07 Å². The Balaban J connectivity index is 1.68. The van der Waals surface area contributed by atoms with E-state index in [0.29, 0.717) is 19.5 Å². The zero-order valence-corrected chi connectivity index (χ0v) is 15.3. The van der Waals surface area contributed by atoms with Crippen LogP contribution in [0.3, 0.4) is 0 Å². The molecule has 2 aliphatic rings. The van der Waals surface area contributed by atoms with E-state index in [-0.39, 0.29) is 17.2 Å². The summed E-state index contributed by atoms with van der Waals surface area (Å²) in [6.45, 7) is 3.35. The highest BCUT2D eigenvalue weighted by molar-refractivity contribution is 5.79. The zero-order valence-electron chi connectivity index (χ0n) is 15.3. The number of nitrogens with zero attached hydrogens (tertiary/aromatic N) is 4. The highest BCUT2D eigenvalue weighted by Gasteiger charge is 2.42. The second-order valence-corrected chi connectivity index (χ2v) is 7.73. The van der Waals surface area contributed by atoms with E-state index in [9.17, 15) is 9.59 Å². The number of hydrogen-bond acceptors (Lipinski definition) is 4. The molecule has 2 fully saturated rings. The molecule has 3 rings (SSSR count). The maximum Gasteiger partial charge on any atom is 0.236 e. The van der Waals surface area contributed by atoms with E-state index in [4.69, 9.17) is 0 Å². The van der Waals surface area contributed by atoms with Crippen LogP contribution in [0.15, 0.2) is 24.4 Å². The SMILES string of the molecule is CN(C)CC(=O)N1CCCC2(CCC(=O)N(Cc3ccccn3)C2)C1. The molecule has 2 saturated heterocycles. The van der Waals surface area contributed by atoms with E-state index in [1.165, 1.54) is 0 Å². The predicted octanol–water partition coefficient (Wildman–Crippen LogP) is 1.37. The van der Waals surface area contributed by atoms with Crippen LogP contribution in [-0.4, -0.2) is 71.8 Å².